The Labute approximate surface area is 181 Å². The van der Waals surface area contributed by atoms with Crippen molar-refractivity contribution < 1.29 is 10.2 Å². The second kappa shape index (κ2) is 11.4. The summed E-state index contributed by atoms with van der Waals surface area (Å²) in [5.74, 6) is 0.419. The highest BCUT2D eigenvalue weighted by molar-refractivity contribution is 5.83. The van der Waals surface area contributed by atoms with E-state index >= 15 is 0 Å². The highest BCUT2D eigenvalue weighted by Crippen LogP contribution is 2.44. The molecule has 0 atom stereocenters. The van der Waals surface area contributed by atoms with Gasteiger partial charge in [-0.2, -0.15) is 0 Å². The molecule has 2 N–H and O–H groups in total. The van der Waals surface area contributed by atoms with Crippen molar-refractivity contribution in [1.82, 2.24) is 0 Å². The van der Waals surface area contributed by atoms with Crippen LogP contribution in [0.25, 0.3) is 22.3 Å². The molecule has 2 heteroatoms. The summed E-state index contributed by atoms with van der Waals surface area (Å²) < 4.78 is 0. The number of benzene rings is 3. The van der Waals surface area contributed by atoms with Crippen LogP contribution in [0.1, 0.15) is 63.9 Å². The summed E-state index contributed by atoms with van der Waals surface area (Å²) in [5, 5.41) is 22.1. The lowest BCUT2D eigenvalue weighted by Gasteiger charge is -2.17. The first-order valence-corrected chi connectivity index (χ1v) is 11.4. The van der Waals surface area contributed by atoms with Crippen molar-refractivity contribution in [3.05, 3.63) is 72.3 Å². The van der Waals surface area contributed by atoms with Gasteiger partial charge >= 0.3 is 0 Å². The topological polar surface area (TPSA) is 40.5 Å². The molecule has 0 bridgehead atoms. The highest BCUT2D eigenvalue weighted by Gasteiger charge is 2.19. The third-order valence-corrected chi connectivity index (χ3v) is 5.82. The number of hydrogen-bond donors (Lipinski definition) is 2. The minimum atomic E-state index is 0.210. The molecule has 0 saturated heterocycles. The molecular formula is C28H34O2. The predicted octanol–water partition coefficient (Wildman–Crippen LogP) is 8.12. The van der Waals surface area contributed by atoms with Gasteiger partial charge in [-0.25, -0.2) is 0 Å². The first kappa shape index (κ1) is 22.0. The number of aromatic hydroxyl groups is 2. The zero-order chi connectivity index (χ0) is 21.2. The average Bonchev–Trinajstić information content (AvgIpc) is 2.79. The lowest BCUT2D eigenvalue weighted by Crippen LogP contribution is -1.94. The van der Waals surface area contributed by atoms with Crippen molar-refractivity contribution in [2.75, 3.05) is 0 Å². The van der Waals surface area contributed by atoms with Crippen LogP contribution in [-0.2, 0) is 6.42 Å². The van der Waals surface area contributed by atoms with Gasteiger partial charge in [0.1, 0.15) is 11.5 Å². The molecule has 0 spiro atoms. The SMILES string of the molecule is CCCCCCCCCCc1c(O)c(-c2ccccc2)cc(-c2ccccc2)c1O. The number of unbranched alkanes of at least 4 members (excludes halogenated alkanes) is 7. The van der Waals surface area contributed by atoms with E-state index in [9.17, 15) is 10.2 Å². The molecular weight excluding hydrogens is 368 g/mol. The first-order chi connectivity index (χ1) is 14.7. The van der Waals surface area contributed by atoms with E-state index in [4.69, 9.17) is 0 Å². The van der Waals surface area contributed by atoms with Crippen molar-refractivity contribution in [2.45, 2.75) is 64.7 Å². The van der Waals surface area contributed by atoms with E-state index in [2.05, 4.69) is 6.92 Å². The summed E-state index contributed by atoms with van der Waals surface area (Å²) in [6.07, 6.45) is 10.5. The Morgan fingerprint density at radius 3 is 1.47 bits per heavy atom. The van der Waals surface area contributed by atoms with Gasteiger partial charge in [-0.3, -0.25) is 0 Å². The molecule has 0 heterocycles. The molecule has 3 rings (SSSR count). The van der Waals surface area contributed by atoms with Crippen LogP contribution < -0.4 is 0 Å². The van der Waals surface area contributed by atoms with Crippen LogP contribution in [0.5, 0.6) is 11.5 Å². The third-order valence-electron chi connectivity index (χ3n) is 5.82. The number of hydrogen-bond acceptors (Lipinski definition) is 2. The Morgan fingerprint density at radius 1 is 0.567 bits per heavy atom. The third kappa shape index (κ3) is 5.66. The molecule has 0 amide bonds. The Balaban J connectivity index is 1.81. The summed E-state index contributed by atoms with van der Waals surface area (Å²) in [4.78, 5) is 0. The molecule has 0 aliphatic rings. The molecule has 0 aliphatic heterocycles. The van der Waals surface area contributed by atoms with E-state index in [1.165, 1.54) is 38.5 Å². The van der Waals surface area contributed by atoms with Gasteiger partial charge in [0.2, 0.25) is 0 Å². The van der Waals surface area contributed by atoms with Crippen molar-refractivity contribution >= 4 is 0 Å². The molecule has 0 radical (unpaired) electrons. The average molecular weight is 403 g/mol. The van der Waals surface area contributed by atoms with Gasteiger partial charge in [-0.05, 0) is 30.0 Å². The molecule has 0 aliphatic carbocycles. The van der Waals surface area contributed by atoms with Crippen LogP contribution in [0.2, 0.25) is 0 Å². The summed E-state index contributed by atoms with van der Waals surface area (Å²) in [7, 11) is 0. The largest absolute Gasteiger partial charge is 0.507 e. The Bertz CT molecular complexity index is 837. The Morgan fingerprint density at radius 2 is 1.00 bits per heavy atom. The van der Waals surface area contributed by atoms with Gasteiger partial charge in [0.05, 0.1) is 0 Å². The number of phenols is 2. The van der Waals surface area contributed by atoms with Crippen molar-refractivity contribution in [3.63, 3.8) is 0 Å². The standard InChI is InChI=1S/C28H34O2/c1-2-3-4-5-6-7-8-15-20-24-27(29)25(22-16-11-9-12-17-22)21-26(28(24)30)23-18-13-10-14-19-23/h9-14,16-19,21,29-30H,2-8,15,20H2,1H3. The van der Waals surface area contributed by atoms with Gasteiger partial charge in [-0.15, -0.1) is 0 Å². The first-order valence-electron chi connectivity index (χ1n) is 11.4. The summed E-state index contributed by atoms with van der Waals surface area (Å²) in [6, 6.07) is 21.8. The van der Waals surface area contributed by atoms with E-state index in [0.717, 1.165) is 35.1 Å². The lowest BCUT2D eigenvalue weighted by atomic mass is 9.91. The molecule has 30 heavy (non-hydrogen) atoms. The van der Waals surface area contributed by atoms with Gasteiger partial charge in [-0.1, -0.05) is 113 Å². The summed E-state index contributed by atoms with van der Waals surface area (Å²) in [5.41, 5.74) is 4.15. The minimum Gasteiger partial charge on any atom is -0.507 e. The summed E-state index contributed by atoms with van der Waals surface area (Å²) in [6.45, 7) is 2.24. The molecule has 3 aromatic rings. The van der Waals surface area contributed by atoms with Gasteiger partial charge < -0.3 is 10.2 Å². The molecule has 0 aromatic heterocycles. The predicted molar refractivity (Wildman–Crippen MR) is 127 cm³/mol. The fourth-order valence-electron chi connectivity index (χ4n) is 4.07. The van der Waals surface area contributed by atoms with Crippen molar-refractivity contribution in [2.24, 2.45) is 0 Å². The van der Waals surface area contributed by atoms with E-state index in [1.54, 1.807) is 0 Å². The second-order valence-electron chi connectivity index (χ2n) is 8.10. The van der Waals surface area contributed by atoms with E-state index in [0.29, 0.717) is 12.0 Å². The van der Waals surface area contributed by atoms with E-state index in [1.807, 2.05) is 66.7 Å². The molecule has 2 nitrogen and oxygen atoms in total. The molecule has 0 unspecified atom stereocenters. The normalized spacial score (nSPS) is 11.0. The maximum atomic E-state index is 11.0. The van der Waals surface area contributed by atoms with Crippen LogP contribution in [0.4, 0.5) is 0 Å². The molecule has 158 valence electrons. The maximum absolute atomic E-state index is 11.0. The Hall–Kier alpha value is -2.74. The zero-order valence-corrected chi connectivity index (χ0v) is 18.1. The van der Waals surface area contributed by atoms with Crippen LogP contribution >= 0.6 is 0 Å². The van der Waals surface area contributed by atoms with Crippen LogP contribution in [0.3, 0.4) is 0 Å². The van der Waals surface area contributed by atoms with Crippen LogP contribution in [-0.4, -0.2) is 10.2 Å². The number of phenolic OH excluding ortho intramolecular Hbond substituents is 2. The minimum absolute atomic E-state index is 0.210. The monoisotopic (exact) mass is 402 g/mol. The zero-order valence-electron chi connectivity index (χ0n) is 18.1. The van der Waals surface area contributed by atoms with Gasteiger partial charge in [0.15, 0.2) is 0 Å². The van der Waals surface area contributed by atoms with E-state index < -0.39 is 0 Å². The fourth-order valence-corrected chi connectivity index (χ4v) is 4.07. The number of rotatable bonds is 11. The van der Waals surface area contributed by atoms with Gasteiger partial charge in [0, 0.05) is 16.7 Å². The fraction of sp³-hybridized carbons (Fsp3) is 0.357. The highest BCUT2D eigenvalue weighted by atomic mass is 16.3. The smallest absolute Gasteiger partial charge is 0.130 e. The van der Waals surface area contributed by atoms with Crippen molar-refractivity contribution in [3.8, 4) is 33.8 Å². The second-order valence-corrected chi connectivity index (χ2v) is 8.10. The lowest BCUT2D eigenvalue weighted by molar-refractivity contribution is 0.438. The van der Waals surface area contributed by atoms with Crippen LogP contribution in [0, 0.1) is 0 Å². The Kier molecular flexibility index (Phi) is 8.38. The quantitative estimate of drug-likeness (QED) is 0.318. The summed E-state index contributed by atoms with van der Waals surface area (Å²) >= 11 is 0. The maximum Gasteiger partial charge on any atom is 0.130 e. The van der Waals surface area contributed by atoms with E-state index in [-0.39, 0.29) is 11.5 Å². The van der Waals surface area contributed by atoms with Crippen molar-refractivity contribution in [1.29, 1.82) is 0 Å². The van der Waals surface area contributed by atoms with Gasteiger partial charge in [0.25, 0.3) is 0 Å². The molecule has 3 aromatic carbocycles. The van der Waals surface area contributed by atoms with Crippen LogP contribution in [0.15, 0.2) is 66.7 Å². The molecule has 0 fully saturated rings. The molecule has 0 saturated carbocycles.